The third kappa shape index (κ3) is 4.14. The van der Waals surface area contributed by atoms with Gasteiger partial charge in [0.15, 0.2) is 0 Å². The molecule has 0 aliphatic rings. The van der Waals surface area contributed by atoms with Gasteiger partial charge in [-0.2, -0.15) is 11.8 Å². The highest BCUT2D eigenvalue weighted by atomic mass is 32.2. The molecule has 0 radical (unpaired) electrons. The number of carboxylic acids is 1. The van der Waals surface area contributed by atoms with Crippen molar-refractivity contribution in [3.63, 3.8) is 0 Å². The molecule has 0 saturated heterocycles. The Balaban J connectivity index is 4.34. The lowest BCUT2D eigenvalue weighted by Crippen LogP contribution is -2.51. The Labute approximate surface area is 80.6 Å². The van der Waals surface area contributed by atoms with E-state index in [9.17, 15) is 9.59 Å². The fourth-order valence-electron chi connectivity index (χ4n) is 0.712. The molecule has 0 heterocycles. The van der Waals surface area contributed by atoms with Gasteiger partial charge >= 0.3 is 11.9 Å². The zero-order chi connectivity index (χ0) is 10.5. The summed E-state index contributed by atoms with van der Waals surface area (Å²) in [6, 6.07) is 0. The third-order valence-electron chi connectivity index (χ3n) is 1.37. The van der Waals surface area contributed by atoms with E-state index < -0.39 is 17.7 Å². The monoisotopic (exact) mass is 207 g/mol. The van der Waals surface area contributed by atoms with E-state index >= 15 is 0 Å². The van der Waals surface area contributed by atoms with Crippen molar-refractivity contribution in [3.8, 4) is 0 Å². The summed E-state index contributed by atoms with van der Waals surface area (Å²) in [6.45, 7) is 1.13. The number of hydrogen-bond donors (Lipinski definition) is 2. The fourth-order valence-corrected chi connectivity index (χ4v) is 1.22. The van der Waals surface area contributed by atoms with E-state index in [2.05, 4.69) is 4.74 Å². The number of nitrogens with two attached hydrogens (primary N) is 1. The van der Waals surface area contributed by atoms with Gasteiger partial charge in [0.25, 0.3) is 5.72 Å². The molecule has 76 valence electrons. The number of carbonyl (C=O) groups excluding carboxylic acids is 1. The van der Waals surface area contributed by atoms with Gasteiger partial charge in [0.1, 0.15) is 0 Å². The molecule has 5 nitrogen and oxygen atoms in total. The largest absolute Gasteiger partial charge is 0.477 e. The van der Waals surface area contributed by atoms with Gasteiger partial charge in [0, 0.05) is 13.3 Å². The van der Waals surface area contributed by atoms with Crippen LogP contribution in [0.4, 0.5) is 0 Å². The van der Waals surface area contributed by atoms with Crippen molar-refractivity contribution in [1.29, 1.82) is 0 Å². The zero-order valence-corrected chi connectivity index (χ0v) is 8.39. The summed E-state index contributed by atoms with van der Waals surface area (Å²) in [5, 5.41) is 8.70. The van der Waals surface area contributed by atoms with Crippen LogP contribution < -0.4 is 5.73 Å². The zero-order valence-electron chi connectivity index (χ0n) is 7.57. The van der Waals surface area contributed by atoms with E-state index in [1.165, 1.54) is 11.8 Å². The molecule has 1 unspecified atom stereocenters. The molecule has 13 heavy (non-hydrogen) atoms. The summed E-state index contributed by atoms with van der Waals surface area (Å²) >= 11 is 1.44. The van der Waals surface area contributed by atoms with Crippen molar-refractivity contribution in [2.24, 2.45) is 5.73 Å². The Morgan fingerprint density at radius 2 is 2.15 bits per heavy atom. The summed E-state index contributed by atoms with van der Waals surface area (Å²) in [7, 11) is 0. The van der Waals surface area contributed by atoms with Crippen LogP contribution >= 0.6 is 11.8 Å². The first-order valence-corrected chi connectivity index (χ1v) is 5.02. The van der Waals surface area contributed by atoms with Gasteiger partial charge in [0.2, 0.25) is 0 Å². The van der Waals surface area contributed by atoms with Gasteiger partial charge in [-0.05, 0) is 12.0 Å². The highest BCUT2D eigenvalue weighted by Crippen LogP contribution is 2.12. The Morgan fingerprint density at radius 1 is 1.62 bits per heavy atom. The number of rotatable bonds is 5. The standard InChI is InChI=1S/C7H13NO4S/c1-5(9)12-7(8,6(10)11)3-4-13-2/h3-4,8H2,1-2H3,(H,10,11). The lowest BCUT2D eigenvalue weighted by molar-refractivity contribution is -0.177. The molecule has 0 rings (SSSR count). The average Bonchev–Trinajstić information content (AvgIpc) is 1.99. The second-order valence-electron chi connectivity index (χ2n) is 2.53. The summed E-state index contributed by atoms with van der Waals surface area (Å²) in [4.78, 5) is 21.2. The van der Waals surface area contributed by atoms with Crippen molar-refractivity contribution >= 4 is 23.7 Å². The van der Waals surface area contributed by atoms with E-state index in [1.54, 1.807) is 0 Å². The van der Waals surface area contributed by atoms with E-state index in [0.717, 1.165) is 6.92 Å². The highest BCUT2D eigenvalue weighted by molar-refractivity contribution is 7.98. The summed E-state index contributed by atoms with van der Waals surface area (Å²) in [5.41, 5.74) is 3.49. The normalized spacial score (nSPS) is 14.7. The molecule has 0 aromatic rings. The van der Waals surface area contributed by atoms with Gasteiger partial charge in [-0.25, -0.2) is 4.79 Å². The van der Waals surface area contributed by atoms with Gasteiger partial charge in [-0.1, -0.05) is 0 Å². The minimum Gasteiger partial charge on any atom is -0.477 e. The molecule has 0 bridgehead atoms. The molecule has 3 N–H and O–H groups in total. The van der Waals surface area contributed by atoms with Crippen LogP contribution in [0.25, 0.3) is 0 Å². The maximum atomic E-state index is 10.7. The smallest absolute Gasteiger partial charge is 0.363 e. The second-order valence-corrected chi connectivity index (χ2v) is 3.52. The van der Waals surface area contributed by atoms with Crippen LogP contribution in [-0.4, -0.2) is 34.8 Å². The Bertz CT molecular complexity index is 209. The van der Waals surface area contributed by atoms with Crippen molar-refractivity contribution in [2.45, 2.75) is 19.1 Å². The van der Waals surface area contributed by atoms with Gasteiger partial charge < -0.3 is 9.84 Å². The Hall–Kier alpha value is -0.750. The number of carbonyl (C=O) groups is 2. The quantitative estimate of drug-likeness (QED) is 0.489. The molecule has 0 amide bonds. The van der Waals surface area contributed by atoms with Crippen molar-refractivity contribution < 1.29 is 19.4 Å². The van der Waals surface area contributed by atoms with Crippen LogP contribution in [0.1, 0.15) is 13.3 Å². The fraction of sp³-hybridized carbons (Fsp3) is 0.714. The number of esters is 1. The van der Waals surface area contributed by atoms with Gasteiger partial charge in [-0.3, -0.25) is 10.5 Å². The Morgan fingerprint density at radius 3 is 2.46 bits per heavy atom. The molecule has 1 atom stereocenters. The summed E-state index contributed by atoms with van der Waals surface area (Å²) in [5.74, 6) is -1.49. The lowest BCUT2D eigenvalue weighted by atomic mass is 10.2. The predicted molar refractivity (Wildman–Crippen MR) is 49.3 cm³/mol. The van der Waals surface area contributed by atoms with E-state index in [4.69, 9.17) is 10.8 Å². The van der Waals surface area contributed by atoms with Gasteiger partial charge in [0.05, 0.1) is 0 Å². The molecule has 0 fully saturated rings. The summed E-state index contributed by atoms with van der Waals surface area (Å²) < 4.78 is 4.53. The molecular weight excluding hydrogens is 194 g/mol. The van der Waals surface area contributed by atoms with Crippen LogP contribution in [0.3, 0.4) is 0 Å². The van der Waals surface area contributed by atoms with Crippen LogP contribution in [0.2, 0.25) is 0 Å². The number of thioether (sulfide) groups is 1. The molecule has 6 heteroatoms. The van der Waals surface area contributed by atoms with Crippen molar-refractivity contribution in [2.75, 3.05) is 12.0 Å². The first kappa shape index (κ1) is 12.2. The minimum absolute atomic E-state index is 0.100. The van der Waals surface area contributed by atoms with Crippen molar-refractivity contribution in [3.05, 3.63) is 0 Å². The van der Waals surface area contributed by atoms with Crippen LogP contribution in [0, 0.1) is 0 Å². The SMILES string of the molecule is CSCCC(N)(OC(C)=O)C(=O)O. The highest BCUT2D eigenvalue weighted by Gasteiger charge is 2.36. The maximum Gasteiger partial charge on any atom is 0.363 e. The molecule has 0 aromatic heterocycles. The van der Waals surface area contributed by atoms with E-state index in [0.29, 0.717) is 5.75 Å². The molecular formula is C7H13NO4S. The van der Waals surface area contributed by atoms with Gasteiger partial charge in [-0.15, -0.1) is 0 Å². The maximum absolute atomic E-state index is 10.7. The number of hydrogen-bond acceptors (Lipinski definition) is 5. The van der Waals surface area contributed by atoms with Crippen LogP contribution in [0.15, 0.2) is 0 Å². The molecule has 0 saturated carbocycles. The number of aliphatic carboxylic acids is 1. The number of carboxylic acid groups (broad SMARTS) is 1. The van der Waals surface area contributed by atoms with Crippen LogP contribution in [-0.2, 0) is 14.3 Å². The molecule has 0 spiro atoms. The average molecular weight is 207 g/mol. The first-order chi connectivity index (χ1) is 5.92. The minimum atomic E-state index is -1.88. The number of ether oxygens (including phenoxy) is 1. The first-order valence-electron chi connectivity index (χ1n) is 3.63. The Kier molecular flexibility index (Phi) is 4.79. The molecule has 0 aliphatic carbocycles. The molecule has 0 aromatic carbocycles. The summed E-state index contributed by atoms with van der Waals surface area (Å²) in [6.07, 6.45) is 1.92. The second kappa shape index (κ2) is 5.08. The lowest BCUT2D eigenvalue weighted by Gasteiger charge is -2.23. The topological polar surface area (TPSA) is 89.6 Å². The third-order valence-corrected chi connectivity index (χ3v) is 1.98. The van der Waals surface area contributed by atoms with Crippen molar-refractivity contribution in [1.82, 2.24) is 0 Å². The molecule has 0 aliphatic heterocycles. The predicted octanol–water partition coefficient (Wildman–Crippen LogP) is 0.0422. The van der Waals surface area contributed by atoms with E-state index in [1.807, 2.05) is 6.26 Å². The van der Waals surface area contributed by atoms with Crippen LogP contribution in [0.5, 0.6) is 0 Å². The van der Waals surface area contributed by atoms with E-state index in [-0.39, 0.29) is 6.42 Å².